The van der Waals surface area contributed by atoms with Crippen molar-refractivity contribution in [1.82, 2.24) is 20.1 Å². The van der Waals surface area contributed by atoms with Gasteiger partial charge in [-0.15, -0.1) is 0 Å². The highest BCUT2D eigenvalue weighted by Crippen LogP contribution is 2.38. The number of alkyl halides is 3. The third-order valence-electron chi connectivity index (χ3n) is 5.26. The van der Waals surface area contributed by atoms with Crippen LogP contribution in [0.1, 0.15) is 23.1 Å². The number of anilines is 2. The Kier molecular flexibility index (Phi) is 6.43. The van der Waals surface area contributed by atoms with Gasteiger partial charge in [-0.2, -0.15) is 18.3 Å². The molecule has 0 amide bonds. The fourth-order valence-corrected chi connectivity index (χ4v) is 4.01. The SMILES string of the molecule is CNCCCc1cncc(NCn2ncc3c2-c2ccc(C(F)(F)F)cc2NC(=S)C3)c1. The minimum atomic E-state index is -4.43. The van der Waals surface area contributed by atoms with Crippen LogP contribution in [0, 0.1) is 0 Å². The van der Waals surface area contributed by atoms with Crippen molar-refractivity contribution in [3.05, 3.63) is 59.5 Å². The van der Waals surface area contributed by atoms with Crippen molar-refractivity contribution >= 4 is 28.6 Å². The second-order valence-electron chi connectivity index (χ2n) is 7.62. The first kappa shape index (κ1) is 22.2. The van der Waals surface area contributed by atoms with Gasteiger partial charge < -0.3 is 16.0 Å². The molecule has 32 heavy (non-hydrogen) atoms. The topological polar surface area (TPSA) is 66.8 Å². The summed E-state index contributed by atoms with van der Waals surface area (Å²) in [5.41, 5.74) is 3.83. The second kappa shape index (κ2) is 9.25. The van der Waals surface area contributed by atoms with Gasteiger partial charge in [-0.05, 0) is 50.2 Å². The first-order chi connectivity index (χ1) is 15.3. The second-order valence-corrected chi connectivity index (χ2v) is 8.12. The van der Waals surface area contributed by atoms with Gasteiger partial charge in [-0.1, -0.05) is 18.3 Å². The Bertz CT molecular complexity index is 1130. The number of nitrogens with zero attached hydrogens (tertiary/aromatic N) is 3. The molecule has 0 saturated heterocycles. The van der Waals surface area contributed by atoms with Gasteiger partial charge in [0.15, 0.2) is 0 Å². The average molecular weight is 461 g/mol. The predicted octanol–water partition coefficient (Wildman–Crippen LogP) is 4.48. The number of hydrogen-bond donors (Lipinski definition) is 3. The molecule has 6 nitrogen and oxygen atoms in total. The van der Waals surface area contributed by atoms with Gasteiger partial charge in [0, 0.05) is 35.6 Å². The molecule has 0 radical (unpaired) electrons. The van der Waals surface area contributed by atoms with E-state index in [-0.39, 0.29) is 0 Å². The Morgan fingerprint density at radius 3 is 2.81 bits per heavy atom. The van der Waals surface area contributed by atoms with Crippen molar-refractivity contribution in [2.75, 3.05) is 24.2 Å². The molecule has 1 aromatic carbocycles. The van der Waals surface area contributed by atoms with Crippen molar-refractivity contribution in [3.8, 4) is 11.3 Å². The summed E-state index contributed by atoms with van der Waals surface area (Å²) in [6.45, 7) is 1.27. The van der Waals surface area contributed by atoms with Gasteiger partial charge in [-0.3, -0.25) is 4.98 Å². The highest BCUT2D eigenvalue weighted by atomic mass is 32.1. The van der Waals surface area contributed by atoms with E-state index in [1.54, 1.807) is 17.1 Å². The minimum Gasteiger partial charge on any atom is -0.365 e. The van der Waals surface area contributed by atoms with E-state index in [9.17, 15) is 13.2 Å². The van der Waals surface area contributed by atoms with E-state index in [4.69, 9.17) is 12.2 Å². The zero-order valence-electron chi connectivity index (χ0n) is 17.5. The van der Waals surface area contributed by atoms with E-state index in [1.807, 2.05) is 19.3 Å². The van der Waals surface area contributed by atoms with Gasteiger partial charge in [-0.25, -0.2) is 4.68 Å². The Labute approximate surface area is 189 Å². The molecule has 0 fully saturated rings. The van der Waals surface area contributed by atoms with Crippen molar-refractivity contribution in [3.63, 3.8) is 0 Å². The maximum absolute atomic E-state index is 13.2. The quantitative estimate of drug-likeness (QED) is 0.357. The summed E-state index contributed by atoms with van der Waals surface area (Å²) in [6.07, 6.45) is 3.20. The lowest BCUT2D eigenvalue weighted by atomic mass is 10.0. The Hall–Kier alpha value is -2.98. The number of fused-ring (bicyclic) bond motifs is 3. The largest absolute Gasteiger partial charge is 0.416 e. The summed E-state index contributed by atoms with van der Waals surface area (Å²) >= 11 is 5.33. The van der Waals surface area contributed by atoms with Crippen molar-refractivity contribution < 1.29 is 13.2 Å². The monoisotopic (exact) mass is 460 g/mol. The molecule has 168 valence electrons. The lowest BCUT2D eigenvalue weighted by Gasteiger charge is -2.15. The zero-order valence-corrected chi connectivity index (χ0v) is 18.3. The van der Waals surface area contributed by atoms with Gasteiger partial charge >= 0.3 is 6.18 Å². The van der Waals surface area contributed by atoms with Crippen LogP contribution in [0.25, 0.3) is 11.3 Å². The van der Waals surface area contributed by atoms with Crippen LogP contribution in [0.3, 0.4) is 0 Å². The molecule has 0 atom stereocenters. The Morgan fingerprint density at radius 2 is 2.03 bits per heavy atom. The number of benzene rings is 1. The molecule has 10 heteroatoms. The van der Waals surface area contributed by atoms with E-state index in [0.29, 0.717) is 29.3 Å². The molecule has 3 N–H and O–H groups in total. The molecule has 1 aliphatic rings. The van der Waals surface area contributed by atoms with E-state index < -0.39 is 11.7 Å². The fraction of sp³-hybridized carbons (Fsp3) is 0.318. The average Bonchev–Trinajstić information content (AvgIpc) is 3.07. The smallest absolute Gasteiger partial charge is 0.365 e. The molecular formula is C22H23F3N6S. The van der Waals surface area contributed by atoms with Crippen LogP contribution in [0.15, 0.2) is 42.9 Å². The number of aromatic nitrogens is 3. The lowest BCUT2D eigenvalue weighted by Crippen LogP contribution is -2.13. The predicted molar refractivity (Wildman–Crippen MR) is 123 cm³/mol. The third-order valence-corrected chi connectivity index (χ3v) is 5.51. The minimum absolute atomic E-state index is 0.332. The molecular weight excluding hydrogens is 437 g/mol. The summed E-state index contributed by atoms with van der Waals surface area (Å²) in [7, 11) is 1.92. The van der Waals surface area contributed by atoms with E-state index >= 15 is 0 Å². The van der Waals surface area contributed by atoms with Crippen molar-refractivity contribution in [2.24, 2.45) is 0 Å². The summed E-state index contributed by atoms with van der Waals surface area (Å²) in [4.78, 5) is 4.75. The first-order valence-corrected chi connectivity index (χ1v) is 10.6. The molecule has 2 aromatic heterocycles. The Balaban J connectivity index is 1.59. The van der Waals surface area contributed by atoms with E-state index in [1.165, 1.54) is 6.07 Å². The first-order valence-electron chi connectivity index (χ1n) is 10.2. The van der Waals surface area contributed by atoms with Crippen LogP contribution >= 0.6 is 12.2 Å². The number of pyridine rings is 1. The normalized spacial score (nSPS) is 13.2. The van der Waals surface area contributed by atoms with E-state index in [2.05, 4.69) is 26.0 Å². The molecule has 4 rings (SSSR count). The summed E-state index contributed by atoms with van der Waals surface area (Å²) in [6, 6.07) is 5.70. The number of halogens is 3. The number of hydrogen-bond acceptors (Lipinski definition) is 5. The standard InChI is InChI=1S/C22H23F3N6S/c1-26-6-2-3-14-7-17(12-27-10-14)28-13-31-21-15(11-29-31)8-20(32)30-19-9-16(22(23,24)25)4-5-18(19)21/h4-5,7,9-12,26,28H,2-3,6,8,13H2,1H3,(H,30,32). The fourth-order valence-electron chi connectivity index (χ4n) is 3.74. The van der Waals surface area contributed by atoms with Gasteiger partial charge in [0.25, 0.3) is 0 Å². The highest BCUT2D eigenvalue weighted by molar-refractivity contribution is 7.80. The van der Waals surface area contributed by atoms with E-state index in [0.717, 1.165) is 54.0 Å². The molecule has 0 unspecified atom stereocenters. The molecule has 0 bridgehead atoms. The van der Waals surface area contributed by atoms with Crippen LogP contribution in [-0.4, -0.2) is 33.3 Å². The number of rotatable bonds is 7. The summed E-state index contributed by atoms with van der Waals surface area (Å²) in [5, 5.41) is 13.9. The molecule has 3 aromatic rings. The molecule has 3 heterocycles. The van der Waals surface area contributed by atoms with Crippen LogP contribution in [0.4, 0.5) is 24.5 Å². The van der Waals surface area contributed by atoms with Crippen molar-refractivity contribution in [2.45, 2.75) is 32.1 Å². The highest BCUT2D eigenvalue weighted by Gasteiger charge is 2.32. The van der Waals surface area contributed by atoms with Crippen LogP contribution in [0.5, 0.6) is 0 Å². The van der Waals surface area contributed by atoms with Gasteiger partial charge in [0.1, 0.15) is 6.67 Å². The van der Waals surface area contributed by atoms with Crippen LogP contribution in [-0.2, 0) is 25.7 Å². The number of nitrogens with one attached hydrogen (secondary N) is 3. The number of thiocarbonyl (C=S) groups is 1. The summed E-state index contributed by atoms with van der Waals surface area (Å²) in [5.74, 6) is 0. The van der Waals surface area contributed by atoms with Gasteiger partial charge in [0.05, 0.1) is 28.1 Å². The Morgan fingerprint density at radius 1 is 1.19 bits per heavy atom. The van der Waals surface area contributed by atoms with Crippen LogP contribution < -0.4 is 16.0 Å². The van der Waals surface area contributed by atoms with Crippen LogP contribution in [0.2, 0.25) is 0 Å². The van der Waals surface area contributed by atoms with Crippen molar-refractivity contribution in [1.29, 1.82) is 0 Å². The molecule has 1 aliphatic heterocycles. The molecule has 0 saturated carbocycles. The molecule has 0 spiro atoms. The maximum Gasteiger partial charge on any atom is 0.416 e. The lowest BCUT2D eigenvalue weighted by molar-refractivity contribution is -0.137. The number of aryl methyl sites for hydroxylation is 1. The molecule has 0 aliphatic carbocycles. The van der Waals surface area contributed by atoms with Gasteiger partial charge in [0.2, 0.25) is 0 Å². The third kappa shape index (κ3) is 4.91. The summed E-state index contributed by atoms with van der Waals surface area (Å²) < 4.78 is 41.4. The zero-order chi connectivity index (χ0) is 22.7. The maximum atomic E-state index is 13.2.